The van der Waals surface area contributed by atoms with Gasteiger partial charge in [-0.15, -0.1) is 11.3 Å². The molecular weight excluding hydrogens is 274 g/mol. The largest absolute Gasteiger partial charge is 0.316 e. The van der Waals surface area contributed by atoms with Crippen molar-refractivity contribution in [3.05, 3.63) is 22.4 Å². The van der Waals surface area contributed by atoms with E-state index in [-0.39, 0.29) is 0 Å². The van der Waals surface area contributed by atoms with E-state index in [1.54, 1.807) is 4.88 Å². The van der Waals surface area contributed by atoms with Crippen LogP contribution < -0.4 is 5.32 Å². The highest BCUT2D eigenvalue weighted by Crippen LogP contribution is 2.43. The molecule has 1 aromatic rings. The SMILES string of the molecule is CCCCC1CCC(CCc2cccs2)(CNCC)CC1. The first-order valence-corrected chi connectivity index (χ1v) is 9.89. The van der Waals surface area contributed by atoms with E-state index in [4.69, 9.17) is 0 Å². The van der Waals surface area contributed by atoms with Crippen LogP contribution in [0.15, 0.2) is 17.5 Å². The molecular formula is C19H33NS. The molecule has 0 unspecified atom stereocenters. The van der Waals surface area contributed by atoms with Gasteiger partial charge < -0.3 is 5.32 Å². The van der Waals surface area contributed by atoms with Gasteiger partial charge in [-0.2, -0.15) is 0 Å². The zero-order chi connectivity index (χ0) is 15.0. The maximum absolute atomic E-state index is 3.65. The average Bonchev–Trinajstić information content (AvgIpc) is 3.04. The van der Waals surface area contributed by atoms with Gasteiger partial charge in [0.25, 0.3) is 0 Å². The summed E-state index contributed by atoms with van der Waals surface area (Å²) < 4.78 is 0. The Balaban J connectivity index is 1.85. The molecule has 1 nitrogen and oxygen atoms in total. The number of unbranched alkanes of at least 4 members (excludes halogenated alkanes) is 1. The number of hydrogen-bond donors (Lipinski definition) is 1. The van der Waals surface area contributed by atoms with Gasteiger partial charge in [0.1, 0.15) is 0 Å². The van der Waals surface area contributed by atoms with Crippen LogP contribution in [0.4, 0.5) is 0 Å². The summed E-state index contributed by atoms with van der Waals surface area (Å²) in [5.74, 6) is 1.02. The van der Waals surface area contributed by atoms with Crippen LogP contribution in [-0.4, -0.2) is 13.1 Å². The van der Waals surface area contributed by atoms with Crippen LogP contribution in [0, 0.1) is 11.3 Å². The second-order valence-corrected chi connectivity index (χ2v) is 7.98. The van der Waals surface area contributed by atoms with E-state index in [1.165, 1.54) is 64.3 Å². The monoisotopic (exact) mass is 307 g/mol. The standard InChI is InChI=1S/C19H33NS/c1-3-5-7-17-9-12-19(13-10-17,16-20-4-2)14-11-18-8-6-15-21-18/h6,8,15,17,20H,3-5,7,9-14,16H2,1-2H3. The van der Waals surface area contributed by atoms with E-state index in [9.17, 15) is 0 Å². The van der Waals surface area contributed by atoms with Crippen molar-refractivity contribution < 1.29 is 0 Å². The third kappa shape index (κ3) is 5.41. The van der Waals surface area contributed by atoms with Gasteiger partial charge in [-0.1, -0.05) is 39.2 Å². The molecule has 120 valence electrons. The van der Waals surface area contributed by atoms with Gasteiger partial charge in [-0.3, -0.25) is 0 Å². The first-order valence-electron chi connectivity index (χ1n) is 9.01. The second kappa shape index (κ2) is 8.95. The van der Waals surface area contributed by atoms with Crippen LogP contribution in [0.1, 0.15) is 70.1 Å². The number of aryl methyl sites for hydroxylation is 1. The fourth-order valence-electron chi connectivity index (χ4n) is 3.82. The van der Waals surface area contributed by atoms with E-state index >= 15 is 0 Å². The molecule has 0 bridgehead atoms. The van der Waals surface area contributed by atoms with E-state index < -0.39 is 0 Å². The van der Waals surface area contributed by atoms with E-state index in [2.05, 4.69) is 36.7 Å². The highest BCUT2D eigenvalue weighted by Gasteiger charge is 2.34. The fraction of sp³-hybridized carbons (Fsp3) is 0.789. The lowest BCUT2D eigenvalue weighted by Gasteiger charge is -2.41. The highest BCUT2D eigenvalue weighted by molar-refractivity contribution is 7.09. The van der Waals surface area contributed by atoms with E-state index in [0.717, 1.165) is 12.5 Å². The van der Waals surface area contributed by atoms with Gasteiger partial charge in [0, 0.05) is 11.4 Å². The van der Waals surface area contributed by atoms with Gasteiger partial charge in [0.2, 0.25) is 0 Å². The summed E-state index contributed by atoms with van der Waals surface area (Å²) in [6.07, 6.45) is 12.7. The Hall–Kier alpha value is -0.340. The van der Waals surface area contributed by atoms with Crippen molar-refractivity contribution in [2.24, 2.45) is 11.3 Å². The van der Waals surface area contributed by atoms with Crippen molar-refractivity contribution in [3.8, 4) is 0 Å². The molecule has 2 heteroatoms. The molecule has 0 radical (unpaired) electrons. The smallest absolute Gasteiger partial charge is 0.00454 e. The highest BCUT2D eigenvalue weighted by atomic mass is 32.1. The Morgan fingerprint density at radius 2 is 2.10 bits per heavy atom. The summed E-state index contributed by atoms with van der Waals surface area (Å²) in [5, 5.41) is 5.87. The summed E-state index contributed by atoms with van der Waals surface area (Å²) in [7, 11) is 0. The fourth-order valence-corrected chi connectivity index (χ4v) is 4.53. The Labute approximate surface area is 135 Å². The molecule has 1 aromatic heterocycles. The topological polar surface area (TPSA) is 12.0 Å². The zero-order valence-electron chi connectivity index (χ0n) is 14.0. The molecule has 0 amide bonds. The Kier molecular flexibility index (Phi) is 7.25. The van der Waals surface area contributed by atoms with Crippen molar-refractivity contribution in [1.82, 2.24) is 5.32 Å². The molecule has 0 aromatic carbocycles. The van der Waals surface area contributed by atoms with Gasteiger partial charge in [-0.05, 0) is 67.8 Å². The first-order chi connectivity index (χ1) is 10.3. The third-order valence-corrected chi connectivity index (χ3v) is 6.30. The van der Waals surface area contributed by atoms with Crippen molar-refractivity contribution in [2.75, 3.05) is 13.1 Å². The minimum atomic E-state index is 0.572. The van der Waals surface area contributed by atoms with Gasteiger partial charge in [0.05, 0.1) is 0 Å². The van der Waals surface area contributed by atoms with Crippen LogP contribution >= 0.6 is 11.3 Å². The predicted octanol–water partition coefficient (Wildman–Crippen LogP) is 5.66. The zero-order valence-corrected chi connectivity index (χ0v) is 14.8. The second-order valence-electron chi connectivity index (χ2n) is 6.95. The van der Waals surface area contributed by atoms with Crippen molar-refractivity contribution in [3.63, 3.8) is 0 Å². The van der Waals surface area contributed by atoms with Crippen molar-refractivity contribution in [2.45, 2.75) is 71.6 Å². The molecule has 0 spiro atoms. The van der Waals surface area contributed by atoms with Crippen molar-refractivity contribution >= 4 is 11.3 Å². The van der Waals surface area contributed by atoms with E-state index in [1.807, 2.05) is 11.3 Å². The number of hydrogen-bond acceptors (Lipinski definition) is 2. The molecule has 1 heterocycles. The normalized spacial score (nSPS) is 26.1. The number of rotatable bonds is 9. The van der Waals surface area contributed by atoms with Crippen LogP contribution in [0.3, 0.4) is 0 Å². The Morgan fingerprint density at radius 1 is 1.29 bits per heavy atom. The molecule has 0 atom stereocenters. The molecule has 1 aliphatic carbocycles. The summed E-state index contributed by atoms with van der Waals surface area (Å²) >= 11 is 1.93. The summed E-state index contributed by atoms with van der Waals surface area (Å²) in [6.45, 7) is 6.90. The third-order valence-electron chi connectivity index (χ3n) is 5.36. The lowest BCUT2D eigenvalue weighted by Crippen LogP contribution is -2.38. The molecule has 21 heavy (non-hydrogen) atoms. The van der Waals surface area contributed by atoms with Gasteiger partial charge in [-0.25, -0.2) is 0 Å². The molecule has 2 rings (SSSR count). The first kappa shape index (κ1) is 17.0. The van der Waals surface area contributed by atoms with Crippen LogP contribution in [0.5, 0.6) is 0 Å². The van der Waals surface area contributed by atoms with Crippen molar-refractivity contribution in [1.29, 1.82) is 0 Å². The Bertz CT molecular complexity index is 363. The molecule has 1 saturated carbocycles. The lowest BCUT2D eigenvalue weighted by atomic mass is 9.67. The summed E-state index contributed by atoms with van der Waals surface area (Å²) in [4.78, 5) is 1.57. The quantitative estimate of drug-likeness (QED) is 0.621. The maximum atomic E-state index is 3.65. The lowest BCUT2D eigenvalue weighted by molar-refractivity contribution is 0.129. The molecule has 0 saturated heterocycles. The molecule has 1 fully saturated rings. The molecule has 1 aliphatic rings. The van der Waals surface area contributed by atoms with Crippen LogP contribution in [0.2, 0.25) is 0 Å². The molecule has 0 aliphatic heterocycles. The predicted molar refractivity (Wildman–Crippen MR) is 95.1 cm³/mol. The Morgan fingerprint density at radius 3 is 2.71 bits per heavy atom. The molecule has 1 N–H and O–H groups in total. The van der Waals surface area contributed by atoms with E-state index in [0.29, 0.717) is 5.41 Å². The van der Waals surface area contributed by atoms with Crippen LogP contribution in [-0.2, 0) is 6.42 Å². The minimum Gasteiger partial charge on any atom is -0.316 e. The number of nitrogens with one attached hydrogen (secondary N) is 1. The minimum absolute atomic E-state index is 0.572. The number of thiophene rings is 1. The summed E-state index contributed by atoms with van der Waals surface area (Å²) in [6, 6.07) is 4.50. The average molecular weight is 308 g/mol. The van der Waals surface area contributed by atoms with Gasteiger partial charge in [0.15, 0.2) is 0 Å². The summed E-state index contributed by atoms with van der Waals surface area (Å²) in [5.41, 5.74) is 0.572. The maximum Gasteiger partial charge on any atom is 0.00454 e. The van der Waals surface area contributed by atoms with Gasteiger partial charge >= 0.3 is 0 Å². The van der Waals surface area contributed by atoms with Crippen LogP contribution in [0.25, 0.3) is 0 Å².